The van der Waals surface area contributed by atoms with Crippen molar-refractivity contribution >= 4 is 5.69 Å². The average molecular weight is 401 g/mol. The normalized spacial score (nSPS) is 15.1. The van der Waals surface area contributed by atoms with Gasteiger partial charge >= 0.3 is 0 Å². The molecule has 0 aliphatic carbocycles. The molecular formula is C21H27N3O5. The summed E-state index contributed by atoms with van der Waals surface area (Å²) >= 11 is 0. The van der Waals surface area contributed by atoms with Crippen molar-refractivity contribution in [2.45, 2.75) is 13.1 Å². The highest BCUT2D eigenvalue weighted by atomic mass is 16.6. The summed E-state index contributed by atoms with van der Waals surface area (Å²) in [6.45, 7) is 5.31. The first-order valence-corrected chi connectivity index (χ1v) is 9.51. The SMILES string of the molecule is COc1cc(OC)c(OC)cc1CN1CCN(Cc2ccc([N+](=O)[O-])cc2)CC1. The minimum absolute atomic E-state index is 0.127. The van der Waals surface area contributed by atoms with Gasteiger partial charge < -0.3 is 14.2 Å². The second kappa shape index (κ2) is 9.58. The van der Waals surface area contributed by atoms with Gasteiger partial charge in [-0.15, -0.1) is 0 Å². The maximum atomic E-state index is 10.8. The van der Waals surface area contributed by atoms with Crippen LogP contribution in [0.25, 0.3) is 0 Å². The fourth-order valence-electron chi connectivity index (χ4n) is 3.54. The number of ether oxygens (including phenoxy) is 3. The smallest absolute Gasteiger partial charge is 0.269 e. The number of nitrogens with zero attached hydrogens (tertiary/aromatic N) is 3. The Morgan fingerprint density at radius 1 is 0.828 bits per heavy atom. The molecule has 1 heterocycles. The first kappa shape index (κ1) is 20.9. The summed E-state index contributed by atoms with van der Waals surface area (Å²) in [5.74, 6) is 2.14. The van der Waals surface area contributed by atoms with Crippen molar-refractivity contribution in [1.82, 2.24) is 9.80 Å². The molecule has 8 heteroatoms. The van der Waals surface area contributed by atoms with E-state index in [1.54, 1.807) is 33.5 Å². The summed E-state index contributed by atoms with van der Waals surface area (Å²) in [4.78, 5) is 15.2. The van der Waals surface area contributed by atoms with Crippen LogP contribution >= 0.6 is 0 Å². The number of rotatable bonds is 8. The van der Waals surface area contributed by atoms with Crippen LogP contribution in [0.5, 0.6) is 17.2 Å². The average Bonchev–Trinajstić information content (AvgIpc) is 2.75. The molecule has 0 amide bonds. The Labute approximate surface area is 170 Å². The third-order valence-corrected chi connectivity index (χ3v) is 5.20. The van der Waals surface area contributed by atoms with Gasteiger partial charge in [-0.25, -0.2) is 0 Å². The summed E-state index contributed by atoms with van der Waals surface area (Å²) in [5.41, 5.74) is 2.28. The number of nitro groups is 1. The molecule has 29 heavy (non-hydrogen) atoms. The lowest BCUT2D eigenvalue weighted by Crippen LogP contribution is -2.45. The topological polar surface area (TPSA) is 77.3 Å². The van der Waals surface area contributed by atoms with Gasteiger partial charge in [0.25, 0.3) is 5.69 Å². The van der Waals surface area contributed by atoms with Crippen molar-refractivity contribution in [1.29, 1.82) is 0 Å². The van der Waals surface area contributed by atoms with E-state index >= 15 is 0 Å². The molecule has 1 aliphatic rings. The maximum absolute atomic E-state index is 10.8. The predicted octanol–water partition coefficient (Wildman–Crippen LogP) is 2.94. The van der Waals surface area contributed by atoms with Crippen LogP contribution in [0.4, 0.5) is 5.69 Å². The van der Waals surface area contributed by atoms with E-state index in [9.17, 15) is 10.1 Å². The van der Waals surface area contributed by atoms with Crippen LogP contribution in [-0.4, -0.2) is 62.2 Å². The number of non-ortho nitro benzene ring substituents is 1. The van der Waals surface area contributed by atoms with Gasteiger partial charge in [0.05, 0.1) is 26.3 Å². The fraction of sp³-hybridized carbons (Fsp3) is 0.429. The summed E-state index contributed by atoms with van der Waals surface area (Å²) in [6, 6.07) is 10.6. The van der Waals surface area contributed by atoms with Gasteiger partial charge in [0.2, 0.25) is 0 Å². The van der Waals surface area contributed by atoms with E-state index in [0.29, 0.717) is 11.5 Å². The lowest BCUT2D eigenvalue weighted by Gasteiger charge is -2.35. The molecule has 156 valence electrons. The molecule has 0 bridgehead atoms. The molecule has 3 rings (SSSR count). The van der Waals surface area contributed by atoms with Crippen molar-refractivity contribution < 1.29 is 19.1 Å². The molecule has 8 nitrogen and oxygen atoms in total. The molecule has 1 aliphatic heterocycles. The minimum atomic E-state index is -0.370. The first-order valence-electron chi connectivity index (χ1n) is 9.51. The van der Waals surface area contributed by atoms with Gasteiger partial charge in [-0.2, -0.15) is 0 Å². The van der Waals surface area contributed by atoms with E-state index < -0.39 is 0 Å². The third-order valence-electron chi connectivity index (χ3n) is 5.20. The van der Waals surface area contributed by atoms with Crippen LogP contribution in [0, 0.1) is 10.1 Å². The Balaban J connectivity index is 1.57. The Hall–Kier alpha value is -2.84. The number of hydrogen-bond acceptors (Lipinski definition) is 7. The van der Waals surface area contributed by atoms with Crippen LogP contribution in [0.15, 0.2) is 36.4 Å². The van der Waals surface area contributed by atoms with Gasteiger partial charge in [0, 0.05) is 63.0 Å². The fourth-order valence-corrected chi connectivity index (χ4v) is 3.54. The molecule has 0 aromatic heterocycles. The van der Waals surface area contributed by atoms with Crippen molar-refractivity contribution in [2.24, 2.45) is 0 Å². The van der Waals surface area contributed by atoms with Gasteiger partial charge in [-0.05, 0) is 11.6 Å². The quantitative estimate of drug-likeness (QED) is 0.497. The molecule has 0 spiro atoms. The maximum Gasteiger partial charge on any atom is 0.269 e. The minimum Gasteiger partial charge on any atom is -0.496 e. The highest BCUT2D eigenvalue weighted by molar-refractivity contribution is 5.50. The van der Waals surface area contributed by atoms with Crippen molar-refractivity contribution in [3.05, 3.63) is 57.6 Å². The van der Waals surface area contributed by atoms with Crippen LogP contribution in [0.1, 0.15) is 11.1 Å². The van der Waals surface area contributed by atoms with E-state index in [1.807, 2.05) is 24.3 Å². The largest absolute Gasteiger partial charge is 0.496 e. The predicted molar refractivity (Wildman–Crippen MR) is 110 cm³/mol. The third kappa shape index (κ3) is 5.16. The second-order valence-electron chi connectivity index (χ2n) is 6.99. The van der Waals surface area contributed by atoms with Crippen LogP contribution in [0.3, 0.4) is 0 Å². The van der Waals surface area contributed by atoms with Crippen LogP contribution < -0.4 is 14.2 Å². The van der Waals surface area contributed by atoms with Crippen LogP contribution in [0.2, 0.25) is 0 Å². The lowest BCUT2D eigenvalue weighted by atomic mass is 10.1. The molecule has 0 atom stereocenters. The standard InChI is InChI=1S/C21H27N3O5/c1-27-19-13-21(29-3)20(28-2)12-17(19)15-23-10-8-22(9-11-23)14-16-4-6-18(7-5-16)24(25)26/h4-7,12-13H,8-11,14-15H2,1-3H3. The number of benzene rings is 2. The summed E-state index contributed by atoms with van der Waals surface area (Å²) < 4.78 is 16.3. The van der Waals surface area contributed by atoms with Gasteiger partial charge in [-0.1, -0.05) is 12.1 Å². The van der Waals surface area contributed by atoms with E-state index in [-0.39, 0.29) is 10.6 Å². The summed E-state index contributed by atoms with van der Waals surface area (Å²) in [6.07, 6.45) is 0. The zero-order valence-electron chi connectivity index (χ0n) is 17.1. The molecule has 0 saturated carbocycles. The summed E-state index contributed by atoms with van der Waals surface area (Å²) in [7, 11) is 4.90. The van der Waals surface area contributed by atoms with E-state index in [1.165, 1.54) is 0 Å². The monoisotopic (exact) mass is 401 g/mol. The van der Waals surface area contributed by atoms with Crippen LogP contribution in [-0.2, 0) is 13.1 Å². The zero-order chi connectivity index (χ0) is 20.8. The molecule has 2 aromatic carbocycles. The first-order chi connectivity index (χ1) is 14.0. The Morgan fingerprint density at radius 2 is 1.34 bits per heavy atom. The van der Waals surface area contributed by atoms with E-state index in [0.717, 1.165) is 56.1 Å². The molecular weight excluding hydrogens is 374 g/mol. The molecule has 0 radical (unpaired) electrons. The van der Waals surface area contributed by atoms with E-state index in [4.69, 9.17) is 14.2 Å². The highest BCUT2D eigenvalue weighted by Gasteiger charge is 2.20. The number of nitro benzene ring substituents is 1. The van der Waals surface area contributed by atoms with Gasteiger partial charge in [0.15, 0.2) is 11.5 Å². The van der Waals surface area contributed by atoms with E-state index in [2.05, 4.69) is 9.80 Å². The number of hydrogen-bond donors (Lipinski definition) is 0. The van der Waals surface area contributed by atoms with Crippen molar-refractivity contribution in [2.75, 3.05) is 47.5 Å². The second-order valence-corrected chi connectivity index (χ2v) is 6.99. The number of methoxy groups -OCH3 is 3. The summed E-state index contributed by atoms with van der Waals surface area (Å²) in [5, 5.41) is 10.8. The molecule has 0 unspecified atom stereocenters. The Morgan fingerprint density at radius 3 is 1.86 bits per heavy atom. The highest BCUT2D eigenvalue weighted by Crippen LogP contribution is 2.35. The molecule has 2 aromatic rings. The molecule has 0 N–H and O–H groups in total. The molecule has 1 saturated heterocycles. The van der Waals surface area contributed by atoms with Crippen molar-refractivity contribution in [3.8, 4) is 17.2 Å². The number of piperazine rings is 1. The van der Waals surface area contributed by atoms with Gasteiger partial charge in [0.1, 0.15) is 5.75 Å². The Kier molecular flexibility index (Phi) is 6.90. The van der Waals surface area contributed by atoms with Gasteiger partial charge in [-0.3, -0.25) is 19.9 Å². The molecule has 1 fully saturated rings. The van der Waals surface area contributed by atoms with Crippen molar-refractivity contribution in [3.63, 3.8) is 0 Å². The zero-order valence-corrected chi connectivity index (χ0v) is 17.1. The Bertz CT molecular complexity index is 833. The lowest BCUT2D eigenvalue weighted by molar-refractivity contribution is -0.384.